The average Bonchev–Trinajstić information content (AvgIpc) is 2.95. The van der Waals surface area contributed by atoms with Gasteiger partial charge in [-0.15, -0.1) is 11.3 Å². The van der Waals surface area contributed by atoms with Crippen molar-refractivity contribution in [3.63, 3.8) is 0 Å². The van der Waals surface area contributed by atoms with Gasteiger partial charge in [-0.25, -0.2) is 0 Å². The van der Waals surface area contributed by atoms with Crippen LogP contribution < -0.4 is 5.32 Å². The lowest BCUT2D eigenvalue weighted by molar-refractivity contribution is 0.514. The molecule has 1 atom stereocenters. The zero-order chi connectivity index (χ0) is 12.3. The molecule has 2 aromatic heterocycles. The van der Waals surface area contributed by atoms with Crippen LogP contribution in [-0.4, -0.2) is 16.8 Å². The summed E-state index contributed by atoms with van der Waals surface area (Å²) in [4.78, 5) is 1.39. The van der Waals surface area contributed by atoms with Crippen LogP contribution in [0.3, 0.4) is 0 Å². The minimum Gasteiger partial charge on any atom is -0.311 e. The van der Waals surface area contributed by atoms with Gasteiger partial charge in [0, 0.05) is 17.8 Å². The molecule has 0 bridgehead atoms. The molecule has 0 aliphatic rings. The molecule has 17 heavy (non-hydrogen) atoms. The maximum atomic E-state index is 4.37. The molecule has 0 saturated heterocycles. The maximum absolute atomic E-state index is 4.37. The van der Waals surface area contributed by atoms with Crippen LogP contribution in [0.1, 0.15) is 23.5 Å². The Kier molecular flexibility index (Phi) is 4.36. The maximum Gasteiger partial charge on any atom is 0.0699 e. The zero-order valence-electron chi connectivity index (χ0n) is 9.98. The summed E-state index contributed by atoms with van der Waals surface area (Å²) >= 11 is 5.38. The van der Waals surface area contributed by atoms with E-state index in [9.17, 15) is 0 Å². The van der Waals surface area contributed by atoms with Crippen molar-refractivity contribution in [1.82, 2.24) is 15.1 Å². The lowest BCUT2D eigenvalue weighted by Crippen LogP contribution is -2.22. The minimum atomic E-state index is 0.297. The largest absolute Gasteiger partial charge is 0.311 e. The van der Waals surface area contributed by atoms with E-state index in [4.69, 9.17) is 0 Å². The molecule has 0 amide bonds. The number of aryl methyl sites for hydroxylation is 1. The van der Waals surface area contributed by atoms with Crippen molar-refractivity contribution in [3.05, 3.63) is 38.8 Å². The number of hydrogen-bond donors (Lipinski definition) is 1. The van der Waals surface area contributed by atoms with E-state index in [2.05, 4.69) is 50.8 Å². The molecule has 2 rings (SSSR count). The highest BCUT2D eigenvalue weighted by molar-refractivity contribution is 9.10. The number of aromatic nitrogens is 2. The molecule has 3 nitrogen and oxygen atoms in total. The second-order valence-electron chi connectivity index (χ2n) is 3.82. The highest BCUT2D eigenvalue weighted by Gasteiger charge is 2.18. The summed E-state index contributed by atoms with van der Waals surface area (Å²) in [5.41, 5.74) is 1.23. The Balaban J connectivity index is 2.25. The number of hydrogen-bond acceptors (Lipinski definition) is 3. The fraction of sp³-hybridized carbons (Fsp3) is 0.417. The van der Waals surface area contributed by atoms with Gasteiger partial charge in [0.1, 0.15) is 0 Å². The third kappa shape index (κ3) is 2.78. The van der Waals surface area contributed by atoms with E-state index in [1.165, 1.54) is 10.6 Å². The Labute approximate surface area is 114 Å². The molecular formula is C12H16BrN3S. The monoisotopic (exact) mass is 313 g/mol. The van der Waals surface area contributed by atoms with Gasteiger partial charge in [-0.3, -0.25) is 4.68 Å². The predicted octanol–water partition coefficient (Wildman–Crippen LogP) is 3.23. The third-order valence-electron chi connectivity index (χ3n) is 2.80. The number of nitrogens with one attached hydrogen (secondary N) is 1. The van der Waals surface area contributed by atoms with Crippen molar-refractivity contribution in [2.45, 2.75) is 25.9 Å². The summed E-state index contributed by atoms with van der Waals surface area (Å²) < 4.78 is 3.12. The van der Waals surface area contributed by atoms with Crippen LogP contribution in [0, 0.1) is 0 Å². The first kappa shape index (κ1) is 12.8. The molecule has 1 unspecified atom stereocenters. The second kappa shape index (κ2) is 5.80. The van der Waals surface area contributed by atoms with Crippen molar-refractivity contribution < 1.29 is 0 Å². The lowest BCUT2D eigenvalue weighted by Gasteiger charge is -2.17. The fourth-order valence-corrected chi connectivity index (χ4v) is 3.26. The zero-order valence-corrected chi connectivity index (χ0v) is 12.4. The third-order valence-corrected chi connectivity index (χ3v) is 4.31. The lowest BCUT2D eigenvalue weighted by atomic mass is 10.1. The first-order chi connectivity index (χ1) is 8.26. The molecule has 0 radical (unpaired) electrons. The number of nitrogens with zero attached hydrogens (tertiary/aromatic N) is 2. The van der Waals surface area contributed by atoms with Crippen LogP contribution in [-0.2, 0) is 13.0 Å². The first-order valence-corrected chi connectivity index (χ1v) is 7.34. The standard InChI is InChI=1S/C12H16BrN3S/c1-3-16-12(10(13)8-15-16)11(14-2)7-9-5-4-6-17-9/h4-6,8,11,14H,3,7H2,1-2H3. The van der Waals surface area contributed by atoms with Gasteiger partial charge in [-0.1, -0.05) is 6.07 Å². The minimum absolute atomic E-state index is 0.297. The van der Waals surface area contributed by atoms with Crippen molar-refractivity contribution >= 4 is 27.3 Å². The quantitative estimate of drug-likeness (QED) is 0.918. The molecule has 2 heterocycles. The normalized spacial score (nSPS) is 12.9. The first-order valence-electron chi connectivity index (χ1n) is 5.67. The predicted molar refractivity (Wildman–Crippen MR) is 75.4 cm³/mol. The van der Waals surface area contributed by atoms with Gasteiger partial charge in [-0.2, -0.15) is 5.10 Å². The van der Waals surface area contributed by atoms with E-state index in [0.717, 1.165) is 17.4 Å². The molecule has 92 valence electrons. The molecule has 0 spiro atoms. The molecule has 0 aliphatic carbocycles. The van der Waals surface area contributed by atoms with Crippen molar-refractivity contribution in [2.24, 2.45) is 0 Å². The smallest absolute Gasteiger partial charge is 0.0699 e. The van der Waals surface area contributed by atoms with E-state index >= 15 is 0 Å². The molecule has 2 aromatic rings. The van der Waals surface area contributed by atoms with Crippen LogP contribution in [0.4, 0.5) is 0 Å². The Bertz CT molecular complexity index is 464. The van der Waals surface area contributed by atoms with Gasteiger partial charge in [0.15, 0.2) is 0 Å². The van der Waals surface area contributed by atoms with Gasteiger partial charge in [0.2, 0.25) is 0 Å². The second-order valence-corrected chi connectivity index (χ2v) is 5.70. The van der Waals surface area contributed by atoms with Crippen LogP contribution >= 0.6 is 27.3 Å². The number of likely N-dealkylation sites (N-methyl/N-ethyl adjacent to an activating group) is 1. The number of rotatable bonds is 5. The summed E-state index contributed by atoms with van der Waals surface area (Å²) in [6, 6.07) is 4.57. The van der Waals surface area contributed by atoms with Gasteiger partial charge in [0.25, 0.3) is 0 Å². The van der Waals surface area contributed by atoms with Gasteiger partial charge < -0.3 is 5.32 Å². The molecule has 5 heteroatoms. The number of halogens is 1. The highest BCUT2D eigenvalue weighted by atomic mass is 79.9. The summed E-state index contributed by atoms with van der Waals surface area (Å²) in [5, 5.41) is 9.86. The number of thiophene rings is 1. The van der Waals surface area contributed by atoms with Crippen molar-refractivity contribution in [3.8, 4) is 0 Å². The van der Waals surface area contributed by atoms with Crippen LogP contribution in [0.5, 0.6) is 0 Å². The summed E-state index contributed by atoms with van der Waals surface area (Å²) in [7, 11) is 2.00. The van der Waals surface area contributed by atoms with Crippen LogP contribution in [0.25, 0.3) is 0 Å². The Morgan fingerprint density at radius 2 is 2.41 bits per heavy atom. The molecule has 0 aliphatic heterocycles. The van der Waals surface area contributed by atoms with Crippen LogP contribution in [0.15, 0.2) is 28.2 Å². The van der Waals surface area contributed by atoms with E-state index in [1.54, 1.807) is 11.3 Å². The van der Waals surface area contributed by atoms with Gasteiger partial charge in [-0.05, 0) is 41.3 Å². The molecular weight excluding hydrogens is 298 g/mol. The van der Waals surface area contributed by atoms with E-state index in [-0.39, 0.29) is 0 Å². The summed E-state index contributed by atoms with van der Waals surface area (Å²) in [6.07, 6.45) is 2.87. The summed E-state index contributed by atoms with van der Waals surface area (Å²) in [5.74, 6) is 0. The molecule has 1 N–H and O–H groups in total. The summed E-state index contributed by atoms with van der Waals surface area (Å²) in [6.45, 7) is 3.00. The van der Waals surface area contributed by atoms with Crippen LogP contribution in [0.2, 0.25) is 0 Å². The van der Waals surface area contributed by atoms with E-state index in [0.29, 0.717) is 6.04 Å². The van der Waals surface area contributed by atoms with Crippen molar-refractivity contribution in [2.75, 3.05) is 7.05 Å². The molecule has 0 aromatic carbocycles. The SMILES string of the molecule is CCn1ncc(Br)c1C(Cc1cccs1)NC. The fourth-order valence-electron chi connectivity index (χ4n) is 1.94. The molecule has 0 fully saturated rings. The highest BCUT2D eigenvalue weighted by Crippen LogP contribution is 2.27. The van der Waals surface area contributed by atoms with Gasteiger partial charge in [0.05, 0.1) is 22.4 Å². The Morgan fingerprint density at radius 3 is 3.00 bits per heavy atom. The Hall–Kier alpha value is -0.650. The average molecular weight is 314 g/mol. The van der Waals surface area contributed by atoms with Gasteiger partial charge >= 0.3 is 0 Å². The van der Waals surface area contributed by atoms with Crippen molar-refractivity contribution in [1.29, 1.82) is 0 Å². The van der Waals surface area contributed by atoms with E-state index < -0.39 is 0 Å². The topological polar surface area (TPSA) is 29.9 Å². The molecule has 0 saturated carbocycles. The Morgan fingerprint density at radius 1 is 1.59 bits per heavy atom. The van der Waals surface area contributed by atoms with E-state index in [1.807, 2.05) is 17.9 Å².